The number of aromatic nitrogens is 4. The predicted octanol–water partition coefficient (Wildman–Crippen LogP) is -7.68. The Kier molecular flexibility index (Phi) is 16.2. The summed E-state index contributed by atoms with van der Waals surface area (Å²) in [6, 6.07) is 27.5. The summed E-state index contributed by atoms with van der Waals surface area (Å²) in [6.45, 7) is 0. The Hall–Kier alpha value is -5.20. The first kappa shape index (κ1) is 41.8. The van der Waals surface area contributed by atoms with Gasteiger partial charge in [0.2, 0.25) is 5.69 Å². The summed E-state index contributed by atoms with van der Waals surface area (Å²) in [5, 5.41) is 22.1. The van der Waals surface area contributed by atoms with E-state index in [0.717, 1.165) is 28.6 Å². The number of anilines is 1. The highest BCUT2D eigenvalue weighted by atomic mass is 35.5. The fourth-order valence-corrected chi connectivity index (χ4v) is 4.59. The van der Waals surface area contributed by atoms with Crippen molar-refractivity contribution in [2.24, 2.45) is 14.1 Å². The van der Waals surface area contributed by atoms with Crippen molar-refractivity contribution in [3.63, 3.8) is 0 Å². The highest BCUT2D eigenvalue weighted by Gasteiger charge is 2.26. The maximum Gasteiger partial charge on any atom is 0.347 e. The van der Waals surface area contributed by atoms with Gasteiger partial charge in [0.25, 0.3) is 11.4 Å². The third kappa shape index (κ3) is 10.6. The summed E-state index contributed by atoms with van der Waals surface area (Å²) in [5.41, 5.74) is 11.6. The lowest BCUT2D eigenvalue weighted by Gasteiger charge is -2.01. The van der Waals surface area contributed by atoms with E-state index in [-0.39, 0.29) is 66.7 Å². The Morgan fingerprint density at radius 1 is 0.510 bits per heavy atom. The third-order valence-corrected chi connectivity index (χ3v) is 7.12. The molecule has 0 saturated heterocycles. The minimum atomic E-state index is -0.653. The van der Waals surface area contributed by atoms with Gasteiger partial charge in [-0.15, -0.1) is 0 Å². The fourth-order valence-electron chi connectivity index (χ4n) is 4.59. The van der Waals surface area contributed by atoms with Gasteiger partial charge in [-0.3, -0.25) is 20.2 Å². The van der Waals surface area contributed by atoms with Crippen LogP contribution in [0.3, 0.4) is 0 Å². The van der Waals surface area contributed by atoms with Gasteiger partial charge in [-0.2, -0.15) is 9.13 Å². The Balaban J connectivity index is 0.000000461. The molecular formula is C34H31Cl4N7O4. The van der Waals surface area contributed by atoms with Gasteiger partial charge in [-0.25, -0.2) is 9.13 Å². The number of halogens is 4. The molecule has 4 aromatic heterocycles. The second-order valence-corrected chi connectivity index (χ2v) is 10.3. The Labute approximate surface area is 307 Å². The highest BCUT2D eigenvalue weighted by Crippen LogP contribution is 2.25. The van der Waals surface area contributed by atoms with Crippen LogP contribution in [0.1, 0.15) is 0 Å². The number of nitrogens with two attached hydrogens (primary N) is 1. The van der Waals surface area contributed by atoms with Gasteiger partial charge in [0, 0.05) is 78.5 Å². The van der Waals surface area contributed by atoms with Crippen molar-refractivity contribution in [2.45, 2.75) is 0 Å². The lowest BCUT2D eigenvalue weighted by Crippen LogP contribution is -3.00. The molecule has 254 valence electrons. The maximum atomic E-state index is 11.3. The van der Waals surface area contributed by atoms with Crippen LogP contribution in [0.25, 0.3) is 33.6 Å². The third-order valence-electron chi connectivity index (χ3n) is 7.12. The number of hydrogen-bond acceptors (Lipinski definition) is 5. The molecular weight excluding hydrogens is 712 g/mol. The number of benzene rings is 2. The molecule has 0 amide bonds. The maximum absolute atomic E-state index is 11.3. The van der Waals surface area contributed by atoms with Crippen molar-refractivity contribution in [1.82, 2.24) is 0 Å². The second-order valence-electron chi connectivity index (χ2n) is 10.3. The van der Waals surface area contributed by atoms with E-state index < -0.39 is 9.85 Å². The number of aryl methyl sites for hydroxylation is 2. The first-order valence-electron chi connectivity index (χ1n) is 13.9. The largest absolute Gasteiger partial charge is 1.00 e. The molecule has 0 spiro atoms. The molecule has 0 atom stereocenters. The normalized spacial score (nSPS) is 9.59. The molecule has 49 heavy (non-hydrogen) atoms. The molecule has 15 heteroatoms. The summed E-state index contributed by atoms with van der Waals surface area (Å²) in [7, 11) is 3.94. The molecule has 2 N–H and O–H groups in total. The van der Waals surface area contributed by atoms with Crippen LogP contribution in [0, 0.1) is 20.2 Å². The van der Waals surface area contributed by atoms with Crippen LogP contribution >= 0.6 is 0 Å². The zero-order chi connectivity index (χ0) is 31.9. The van der Waals surface area contributed by atoms with Crippen molar-refractivity contribution in [1.29, 1.82) is 0 Å². The van der Waals surface area contributed by atoms with Crippen LogP contribution in [0.5, 0.6) is 0 Å². The Morgan fingerprint density at radius 3 is 1.29 bits per heavy atom. The van der Waals surface area contributed by atoms with E-state index in [4.69, 9.17) is 5.73 Å². The van der Waals surface area contributed by atoms with Crippen molar-refractivity contribution in [3.8, 4) is 33.6 Å². The van der Waals surface area contributed by atoms with Gasteiger partial charge >= 0.3 is 5.69 Å². The number of hydrogen-bond donors (Lipinski definition) is 1. The van der Waals surface area contributed by atoms with Gasteiger partial charge < -0.3 is 55.4 Å². The number of nitro benzene ring substituents is 2. The number of nitro groups is 2. The number of nitrogens with zero attached hydrogens (tertiary/aromatic N) is 6. The smallest absolute Gasteiger partial charge is 0.347 e. The Bertz CT molecular complexity index is 1900. The first-order valence-corrected chi connectivity index (χ1v) is 13.9. The van der Waals surface area contributed by atoms with Gasteiger partial charge in [0.05, 0.1) is 9.85 Å². The monoisotopic (exact) mass is 741 g/mol. The van der Waals surface area contributed by atoms with Crippen LogP contribution in [0.15, 0.2) is 141 Å². The van der Waals surface area contributed by atoms with Crippen molar-refractivity contribution in [2.75, 3.05) is 5.73 Å². The zero-order valence-electron chi connectivity index (χ0n) is 26.2. The summed E-state index contributed by atoms with van der Waals surface area (Å²) in [5.74, 6) is 0. The van der Waals surface area contributed by atoms with Crippen LogP contribution in [0.2, 0.25) is 0 Å². The summed E-state index contributed by atoms with van der Waals surface area (Å²) in [6.07, 6.45) is 15.5. The lowest BCUT2D eigenvalue weighted by atomic mass is 10.1. The summed E-state index contributed by atoms with van der Waals surface area (Å²) < 4.78 is 7.59. The molecule has 0 aliphatic rings. The molecule has 0 aliphatic heterocycles. The molecule has 6 aromatic rings. The van der Waals surface area contributed by atoms with E-state index in [2.05, 4.69) is 53.6 Å². The van der Waals surface area contributed by atoms with E-state index in [9.17, 15) is 20.2 Å². The first-order chi connectivity index (χ1) is 21.7. The van der Waals surface area contributed by atoms with Gasteiger partial charge in [-0.1, -0.05) is 0 Å². The minimum Gasteiger partial charge on any atom is -1.00 e. The van der Waals surface area contributed by atoms with Crippen molar-refractivity contribution in [3.05, 3.63) is 161 Å². The molecule has 0 unspecified atom stereocenters. The average Bonchev–Trinajstić information content (AvgIpc) is 3.06. The number of rotatable bonds is 6. The number of non-ortho nitro benzene ring substituents is 1. The predicted molar refractivity (Wildman–Crippen MR) is 167 cm³/mol. The van der Waals surface area contributed by atoms with Gasteiger partial charge in [0.1, 0.15) is 20.2 Å². The van der Waals surface area contributed by atoms with Gasteiger partial charge in [-0.05, 0) is 34.4 Å². The zero-order valence-corrected chi connectivity index (χ0v) is 29.2. The van der Waals surface area contributed by atoms with E-state index in [1.165, 1.54) is 23.3 Å². The van der Waals surface area contributed by atoms with Crippen molar-refractivity contribution >= 4 is 17.1 Å². The second kappa shape index (κ2) is 19.0. The summed E-state index contributed by atoms with van der Waals surface area (Å²) >= 11 is 0. The van der Waals surface area contributed by atoms with E-state index in [1.54, 1.807) is 17.0 Å². The topological polar surface area (TPSA) is 128 Å². The molecule has 0 radical (unpaired) electrons. The minimum absolute atomic E-state index is 0. The number of pyridine rings is 4. The molecule has 4 heterocycles. The van der Waals surface area contributed by atoms with Crippen LogP contribution < -0.4 is 73.6 Å². The molecule has 0 aliphatic carbocycles. The molecule has 0 fully saturated rings. The van der Waals surface area contributed by atoms with Crippen LogP contribution in [-0.4, -0.2) is 9.85 Å². The molecule has 11 nitrogen and oxygen atoms in total. The Morgan fingerprint density at radius 2 is 0.898 bits per heavy atom. The lowest BCUT2D eigenvalue weighted by molar-refractivity contribution is -0.671. The quantitative estimate of drug-likeness (QED) is 0.0786. The number of nitrogen functional groups attached to an aromatic ring is 1. The molecule has 2 aromatic carbocycles. The highest BCUT2D eigenvalue weighted by molar-refractivity contribution is 5.62. The van der Waals surface area contributed by atoms with E-state index in [1.807, 2.05) is 84.2 Å². The fraction of sp³-hybridized carbons (Fsp3) is 0.0588. The van der Waals surface area contributed by atoms with E-state index >= 15 is 0 Å². The average molecular weight is 743 g/mol. The van der Waals surface area contributed by atoms with E-state index in [0.29, 0.717) is 0 Å². The SMILES string of the molecule is C[n+]1ccc(-c2cc[n+](-c3ccc(N)cc3)cc2)cc1.C[n+]1ccc(-c2cc[n+](-c3ccc([N+](=O)[O-])cc3[N+](=O)[O-])cc2)cc1.[Cl-].[Cl-].[Cl-].[Cl-]. The molecule has 0 saturated carbocycles. The van der Waals surface area contributed by atoms with Gasteiger partial charge in [0.15, 0.2) is 49.6 Å². The van der Waals surface area contributed by atoms with Crippen LogP contribution in [0.4, 0.5) is 17.1 Å². The van der Waals surface area contributed by atoms with Crippen LogP contribution in [-0.2, 0) is 14.1 Å². The standard InChI is InChI=1S/C17H14N4O4.C17H16N3.4ClH/c1-18-8-4-13(5-9-18)14-6-10-19(11-7-14)16-3-2-15(20(22)23)12-17(16)21(24)25;1-19-10-6-14(7-11-19)15-8-12-20(13-9-15)17-4-2-16(18)3-5-17;;;;/h2-12H,1H3;2-13,18H,1H3;4*1H/q+2;+1;;;;/p-3. The summed E-state index contributed by atoms with van der Waals surface area (Å²) in [4.78, 5) is 20.8. The molecule has 6 rings (SSSR count). The molecule has 0 bridgehead atoms. The van der Waals surface area contributed by atoms with Crippen molar-refractivity contribution < 1.29 is 77.7 Å².